The third-order valence-electron chi connectivity index (χ3n) is 2.72. The Labute approximate surface area is 100 Å². The van der Waals surface area contributed by atoms with E-state index in [4.69, 9.17) is 0 Å². The molecule has 1 saturated heterocycles. The van der Waals surface area contributed by atoms with Crippen LogP contribution in [0, 0.1) is 5.92 Å². The number of thioether (sulfide) groups is 1. The summed E-state index contributed by atoms with van der Waals surface area (Å²) in [6.07, 6.45) is 5.05. The minimum absolute atomic E-state index is 0.148. The second-order valence-electron chi connectivity index (χ2n) is 3.96. The van der Waals surface area contributed by atoms with Crippen LogP contribution in [-0.2, 0) is 4.79 Å². The number of pyridine rings is 1. The molecule has 1 aromatic rings. The molecule has 0 radical (unpaired) electrons. The van der Waals surface area contributed by atoms with E-state index in [1.165, 1.54) is 0 Å². The summed E-state index contributed by atoms with van der Waals surface area (Å²) < 4.78 is 0. The highest BCUT2D eigenvalue weighted by Gasteiger charge is 2.20. The number of aromatic nitrogens is 1. The van der Waals surface area contributed by atoms with Gasteiger partial charge >= 0.3 is 0 Å². The maximum absolute atomic E-state index is 11.7. The number of nitrogens with zero attached hydrogens (tertiary/aromatic N) is 1. The molecule has 16 heavy (non-hydrogen) atoms. The third kappa shape index (κ3) is 3.23. The number of amides is 1. The lowest BCUT2D eigenvalue weighted by molar-refractivity contribution is -0.123. The highest BCUT2D eigenvalue weighted by Crippen LogP contribution is 2.22. The van der Waals surface area contributed by atoms with Gasteiger partial charge in [0.05, 0.1) is 5.03 Å². The molecule has 1 aromatic heterocycles. The molecule has 0 bridgehead atoms. The maximum atomic E-state index is 11.7. The molecule has 1 unspecified atom stereocenters. The third-order valence-corrected chi connectivity index (χ3v) is 3.83. The molecule has 1 aliphatic heterocycles. The number of hydrogen-bond acceptors (Lipinski definition) is 3. The first kappa shape index (κ1) is 11.5. The van der Waals surface area contributed by atoms with Crippen molar-refractivity contribution in [3.63, 3.8) is 0 Å². The van der Waals surface area contributed by atoms with Crippen molar-refractivity contribution in [2.45, 2.75) is 24.3 Å². The topological polar surface area (TPSA) is 42.0 Å². The highest BCUT2D eigenvalue weighted by atomic mass is 32.2. The molecule has 1 fully saturated rings. The van der Waals surface area contributed by atoms with Gasteiger partial charge in [0.25, 0.3) is 0 Å². The van der Waals surface area contributed by atoms with E-state index in [1.54, 1.807) is 18.0 Å². The van der Waals surface area contributed by atoms with E-state index in [0.29, 0.717) is 0 Å². The van der Waals surface area contributed by atoms with Crippen molar-refractivity contribution in [1.29, 1.82) is 0 Å². The zero-order valence-corrected chi connectivity index (χ0v) is 10.0. The van der Waals surface area contributed by atoms with E-state index >= 15 is 0 Å². The molecule has 0 aliphatic carbocycles. The molecule has 86 valence electrons. The Morgan fingerprint density at radius 2 is 2.38 bits per heavy atom. The fraction of sp³-hybridized carbons (Fsp3) is 0.500. The van der Waals surface area contributed by atoms with Gasteiger partial charge in [0, 0.05) is 24.4 Å². The van der Waals surface area contributed by atoms with E-state index < -0.39 is 0 Å². The van der Waals surface area contributed by atoms with E-state index in [9.17, 15) is 4.79 Å². The molecular formula is C12H16N2OS. The van der Waals surface area contributed by atoms with Crippen LogP contribution in [0.3, 0.4) is 0 Å². The van der Waals surface area contributed by atoms with Crippen LogP contribution < -0.4 is 5.32 Å². The van der Waals surface area contributed by atoms with E-state index in [2.05, 4.69) is 10.3 Å². The average Bonchev–Trinajstić information content (AvgIpc) is 2.53. The largest absolute Gasteiger partial charge is 0.356 e. The second kappa shape index (κ2) is 5.89. The van der Waals surface area contributed by atoms with E-state index in [-0.39, 0.29) is 11.8 Å². The number of carbonyl (C=O) groups excluding carboxylic acids is 1. The monoisotopic (exact) mass is 236 g/mol. The standard InChI is InChI=1S/C12H16N2OS/c15-12-10(5-1-3-8-14-12)9-16-11-6-2-4-7-13-11/h2,4,6-7,10H,1,3,5,8-9H2,(H,14,15). The average molecular weight is 236 g/mol. The van der Waals surface area contributed by atoms with Crippen LogP contribution in [0.5, 0.6) is 0 Å². The number of rotatable bonds is 3. The summed E-state index contributed by atoms with van der Waals surface area (Å²) in [5.74, 6) is 1.19. The van der Waals surface area contributed by atoms with E-state index in [0.717, 1.165) is 36.6 Å². The van der Waals surface area contributed by atoms with Crippen LogP contribution in [0.4, 0.5) is 0 Å². The van der Waals surface area contributed by atoms with Crippen molar-refractivity contribution in [3.8, 4) is 0 Å². The molecule has 3 nitrogen and oxygen atoms in total. The first-order chi connectivity index (χ1) is 7.86. The van der Waals surface area contributed by atoms with Gasteiger partial charge in [-0.15, -0.1) is 11.8 Å². The second-order valence-corrected chi connectivity index (χ2v) is 5.00. The summed E-state index contributed by atoms with van der Waals surface area (Å²) in [4.78, 5) is 15.9. The van der Waals surface area contributed by atoms with Crippen molar-refractivity contribution in [2.24, 2.45) is 5.92 Å². The molecule has 2 heterocycles. The summed E-state index contributed by atoms with van der Waals surface area (Å²) >= 11 is 1.67. The first-order valence-electron chi connectivity index (χ1n) is 5.68. The van der Waals surface area contributed by atoms with Crippen molar-refractivity contribution in [2.75, 3.05) is 12.3 Å². The van der Waals surface area contributed by atoms with Gasteiger partial charge in [0.1, 0.15) is 0 Å². The van der Waals surface area contributed by atoms with Crippen LogP contribution in [0.25, 0.3) is 0 Å². The summed E-state index contributed by atoms with van der Waals surface area (Å²) in [6.45, 7) is 0.837. The summed E-state index contributed by atoms with van der Waals surface area (Å²) in [6, 6.07) is 5.87. The SMILES string of the molecule is O=C1NCCCCC1CSc1ccccn1. The number of carbonyl (C=O) groups is 1. The molecule has 1 amide bonds. The molecule has 0 spiro atoms. The molecule has 1 atom stereocenters. The van der Waals surface area contributed by atoms with Crippen LogP contribution >= 0.6 is 11.8 Å². The Bertz CT molecular complexity index is 342. The smallest absolute Gasteiger partial charge is 0.223 e. The number of hydrogen-bond donors (Lipinski definition) is 1. The van der Waals surface area contributed by atoms with Crippen LogP contribution in [0.2, 0.25) is 0 Å². The van der Waals surface area contributed by atoms with Crippen molar-refractivity contribution in [3.05, 3.63) is 24.4 Å². The quantitative estimate of drug-likeness (QED) is 0.817. The Morgan fingerprint density at radius 1 is 1.44 bits per heavy atom. The Kier molecular flexibility index (Phi) is 4.22. The fourth-order valence-corrected chi connectivity index (χ4v) is 2.78. The predicted octanol–water partition coefficient (Wildman–Crippen LogP) is 2.09. The van der Waals surface area contributed by atoms with E-state index in [1.807, 2.05) is 18.2 Å². The molecule has 2 rings (SSSR count). The molecule has 4 heteroatoms. The lowest BCUT2D eigenvalue weighted by Gasteiger charge is -2.11. The Hall–Kier alpha value is -1.03. The molecular weight excluding hydrogens is 220 g/mol. The van der Waals surface area contributed by atoms with Gasteiger partial charge in [-0.3, -0.25) is 4.79 Å². The highest BCUT2D eigenvalue weighted by molar-refractivity contribution is 7.99. The summed E-state index contributed by atoms with van der Waals surface area (Å²) in [7, 11) is 0. The van der Waals surface area contributed by atoms with Gasteiger partial charge in [0.15, 0.2) is 0 Å². The van der Waals surface area contributed by atoms with Gasteiger partial charge in [-0.1, -0.05) is 12.5 Å². The van der Waals surface area contributed by atoms with Gasteiger partial charge in [-0.05, 0) is 25.0 Å². The zero-order chi connectivity index (χ0) is 11.2. The van der Waals surface area contributed by atoms with Crippen LogP contribution in [-0.4, -0.2) is 23.2 Å². The molecule has 1 aliphatic rings. The minimum Gasteiger partial charge on any atom is -0.356 e. The normalized spacial score (nSPS) is 21.2. The fourth-order valence-electron chi connectivity index (χ4n) is 1.78. The van der Waals surface area contributed by atoms with Gasteiger partial charge < -0.3 is 5.32 Å². The van der Waals surface area contributed by atoms with Gasteiger partial charge in [-0.2, -0.15) is 0 Å². The summed E-state index contributed by atoms with van der Waals surface area (Å²) in [5, 5.41) is 3.96. The Balaban J connectivity index is 1.86. The first-order valence-corrected chi connectivity index (χ1v) is 6.66. The molecule has 1 N–H and O–H groups in total. The van der Waals surface area contributed by atoms with Crippen LogP contribution in [0.1, 0.15) is 19.3 Å². The van der Waals surface area contributed by atoms with Crippen molar-refractivity contribution >= 4 is 17.7 Å². The molecule has 0 aromatic carbocycles. The van der Waals surface area contributed by atoms with Crippen molar-refractivity contribution in [1.82, 2.24) is 10.3 Å². The molecule has 0 saturated carbocycles. The van der Waals surface area contributed by atoms with Crippen LogP contribution in [0.15, 0.2) is 29.4 Å². The van der Waals surface area contributed by atoms with Gasteiger partial charge in [-0.25, -0.2) is 4.98 Å². The lowest BCUT2D eigenvalue weighted by Crippen LogP contribution is -2.30. The Morgan fingerprint density at radius 3 is 3.19 bits per heavy atom. The summed E-state index contributed by atoms with van der Waals surface area (Å²) in [5.41, 5.74) is 0. The van der Waals surface area contributed by atoms with Gasteiger partial charge in [0.2, 0.25) is 5.91 Å². The maximum Gasteiger partial charge on any atom is 0.223 e. The minimum atomic E-state index is 0.148. The van der Waals surface area contributed by atoms with Crippen molar-refractivity contribution < 1.29 is 4.79 Å². The zero-order valence-electron chi connectivity index (χ0n) is 9.19. The lowest BCUT2D eigenvalue weighted by atomic mass is 10.1. The number of nitrogens with one attached hydrogen (secondary N) is 1. The predicted molar refractivity (Wildman–Crippen MR) is 65.3 cm³/mol.